The van der Waals surface area contributed by atoms with E-state index in [4.69, 9.17) is 5.73 Å². The second-order valence-corrected chi connectivity index (χ2v) is 7.23. The molecule has 1 aromatic heterocycles. The number of hydrogen-bond donors (Lipinski definition) is 1. The molecule has 0 aliphatic heterocycles. The number of aromatic nitrogens is 1. The number of aryl methyl sites for hydroxylation is 1. The molecule has 1 atom stereocenters. The third-order valence-electron chi connectivity index (χ3n) is 2.89. The Kier molecular flexibility index (Phi) is 4.95. The summed E-state index contributed by atoms with van der Waals surface area (Å²) in [6.07, 6.45) is 0.156. The van der Waals surface area contributed by atoms with Crippen LogP contribution >= 0.6 is 23.1 Å². The van der Waals surface area contributed by atoms with E-state index in [2.05, 4.69) is 4.98 Å². The van der Waals surface area contributed by atoms with E-state index in [0.29, 0.717) is 5.56 Å². The summed E-state index contributed by atoms with van der Waals surface area (Å²) in [7, 11) is 0. The van der Waals surface area contributed by atoms with Gasteiger partial charge < -0.3 is 5.73 Å². The Morgan fingerprint density at radius 2 is 2.19 bits per heavy atom. The quantitative estimate of drug-likeness (QED) is 0.853. The van der Waals surface area contributed by atoms with E-state index in [1.807, 2.05) is 13.8 Å². The van der Waals surface area contributed by atoms with Gasteiger partial charge in [0.15, 0.2) is 4.34 Å². The highest BCUT2D eigenvalue weighted by Crippen LogP contribution is 2.39. The fourth-order valence-electron chi connectivity index (χ4n) is 1.82. The maximum Gasteiger partial charge on any atom is 0.222 e. The van der Waals surface area contributed by atoms with Crippen LogP contribution in [0.2, 0.25) is 0 Å². The Morgan fingerprint density at radius 3 is 2.81 bits per heavy atom. The van der Waals surface area contributed by atoms with Gasteiger partial charge in [-0.1, -0.05) is 17.8 Å². The number of primary amides is 1. The fraction of sp³-hybridized carbons (Fsp3) is 0.286. The largest absolute Gasteiger partial charge is 0.369 e. The molecule has 3 nitrogen and oxygen atoms in total. The van der Waals surface area contributed by atoms with Crippen LogP contribution in [0.15, 0.2) is 22.5 Å². The standard InChI is InChI=1S/C14H14F2N2OS2/c1-7-12(6-13(17)19)21-14(18-7)20-8(2)10-4-3-9(15)5-11(10)16/h3-5,8H,6H2,1-2H3,(H2,17,19)/t8-/m1/s1. The third-order valence-corrected chi connectivity index (χ3v) is 5.28. The Morgan fingerprint density at radius 1 is 1.48 bits per heavy atom. The number of benzene rings is 1. The lowest BCUT2D eigenvalue weighted by atomic mass is 10.1. The summed E-state index contributed by atoms with van der Waals surface area (Å²) in [5.41, 5.74) is 6.36. The normalized spacial score (nSPS) is 12.4. The van der Waals surface area contributed by atoms with Gasteiger partial charge in [0.1, 0.15) is 11.6 Å². The van der Waals surface area contributed by atoms with Crippen molar-refractivity contribution in [2.24, 2.45) is 5.73 Å². The molecule has 0 unspecified atom stereocenters. The molecule has 2 N–H and O–H groups in total. The van der Waals surface area contributed by atoms with E-state index < -0.39 is 17.5 Å². The van der Waals surface area contributed by atoms with Crippen molar-refractivity contribution in [2.75, 3.05) is 0 Å². The second kappa shape index (κ2) is 6.53. The summed E-state index contributed by atoms with van der Waals surface area (Å²) in [5.74, 6) is -1.57. The Bertz CT molecular complexity index is 673. The Labute approximate surface area is 129 Å². The van der Waals surface area contributed by atoms with Crippen LogP contribution in [0, 0.1) is 18.6 Å². The van der Waals surface area contributed by atoms with Crippen LogP contribution in [0.25, 0.3) is 0 Å². The minimum Gasteiger partial charge on any atom is -0.369 e. The first-order valence-corrected chi connectivity index (χ1v) is 7.92. The highest BCUT2D eigenvalue weighted by molar-refractivity contribution is 8.01. The molecule has 0 bridgehead atoms. The minimum absolute atomic E-state index is 0.156. The maximum absolute atomic E-state index is 13.7. The average Bonchev–Trinajstić information content (AvgIpc) is 2.68. The molecule has 1 aromatic carbocycles. The van der Waals surface area contributed by atoms with E-state index in [-0.39, 0.29) is 11.7 Å². The van der Waals surface area contributed by atoms with E-state index in [0.717, 1.165) is 21.0 Å². The summed E-state index contributed by atoms with van der Waals surface area (Å²) in [5, 5.41) is -0.211. The fourth-order valence-corrected chi connectivity index (χ4v) is 4.36. The molecule has 7 heteroatoms. The van der Waals surface area contributed by atoms with Gasteiger partial charge in [-0.15, -0.1) is 11.3 Å². The van der Waals surface area contributed by atoms with Crippen LogP contribution in [0.4, 0.5) is 8.78 Å². The number of rotatable bonds is 5. The number of halogens is 2. The van der Waals surface area contributed by atoms with Gasteiger partial charge in [-0.2, -0.15) is 0 Å². The summed E-state index contributed by atoms with van der Waals surface area (Å²) in [4.78, 5) is 16.1. The number of carbonyl (C=O) groups excluding carboxylic acids is 1. The van der Waals surface area contributed by atoms with Crippen molar-refractivity contribution < 1.29 is 13.6 Å². The number of hydrogen-bond acceptors (Lipinski definition) is 4. The monoisotopic (exact) mass is 328 g/mol. The maximum atomic E-state index is 13.7. The molecule has 0 radical (unpaired) electrons. The molecule has 1 amide bonds. The van der Waals surface area contributed by atoms with E-state index >= 15 is 0 Å². The molecule has 0 aliphatic rings. The van der Waals surface area contributed by atoms with E-state index in [9.17, 15) is 13.6 Å². The molecule has 0 fully saturated rings. The molecule has 1 heterocycles. The van der Waals surface area contributed by atoms with Crippen LogP contribution in [0.3, 0.4) is 0 Å². The average molecular weight is 328 g/mol. The van der Waals surface area contributed by atoms with Gasteiger partial charge in [-0.3, -0.25) is 4.79 Å². The number of carbonyl (C=O) groups is 1. The first kappa shape index (κ1) is 15.9. The van der Waals surface area contributed by atoms with Crippen molar-refractivity contribution >= 4 is 29.0 Å². The van der Waals surface area contributed by atoms with Gasteiger partial charge in [-0.05, 0) is 19.9 Å². The van der Waals surface area contributed by atoms with Crippen molar-refractivity contribution in [3.63, 3.8) is 0 Å². The van der Waals surface area contributed by atoms with Crippen LogP contribution < -0.4 is 5.73 Å². The predicted octanol–water partition coefficient (Wildman–Crippen LogP) is 3.61. The highest BCUT2D eigenvalue weighted by Gasteiger charge is 2.17. The molecule has 0 aliphatic carbocycles. The van der Waals surface area contributed by atoms with Crippen molar-refractivity contribution in [3.8, 4) is 0 Å². The lowest BCUT2D eigenvalue weighted by molar-refractivity contribution is -0.117. The Balaban J connectivity index is 2.15. The van der Waals surface area contributed by atoms with Gasteiger partial charge in [-0.25, -0.2) is 13.8 Å². The first-order chi connectivity index (χ1) is 9.86. The molecule has 0 saturated carbocycles. The van der Waals surface area contributed by atoms with Gasteiger partial charge >= 0.3 is 0 Å². The predicted molar refractivity (Wildman–Crippen MR) is 80.4 cm³/mol. The van der Waals surface area contributed by atoms with Gasteiger partial charge in [0.2, 0.25) is 5.91 Å². The number of thiazole rings is 1. The zero-order valence-corrected chi connectivity index (χ0v) is 13.2. The van der Waals surface area contributed by atoms with Gasteiger partial charge in [0.05, 0.1) is 12.1 Å². The second-order valence-electron chi connectivity index (χ2n) is 4.56. The Hall–Kier alpha value is -1.47. The number of thioether (sulfide) groups is 1. The smallest absolute Gasteiger partial charge is 0.222 e. The number of amides is 1. The summed E-state index contributed by atoms with van der Waals surface area (Å²) in [6.45, 7) is 3.63. The highest BCUT2D eigenvalue weighted by atomic mass is 32.2. The lowest BCUT2D eigenvalue weighted by Crippen LogP contribution is -2.13. The van der Waals surface area contributed by atoms with Crippen molar-refractivity contribution in [2.45, 2.75) is 29.9 Å². The van der Waals surface area contributed by atoms with E-state index in [1.165, 1.54) is 35.2 Å². The molecule has 0 saturated heterocycles. The van der Waals surface area contributed by atoms with Crippen LogP contribution in [-0.4, -0.2) is 10.9 Å². The van der Waals surface area contributed by atoms with Crippen LogP contribution in [0.1, 0.15) is 28.3 Å². The van der Waals surface area contributed by atoms with Gasteiger partial charge in [0, 0.05) is 21.8 Å². The first-order valence-electron chi connectivity index (χ1n) is 6.23. The number of nitrogens with two attached hydrogens (primary N) is 1. The van der Waals surface area contributed by atoms with Crippen LogP contribution in [0.5, 0.6) is 0 Å². The third kappa shape index (κ3) is 4.01. The zero-order chi connectivity index (χ0) is 15.6. The zero-order valence-electron chi connectivity index (χ0n) is 11.5. The van der Waals surface area contributed by atoms with E-state index in [1.54, 1.807) is 0 Å². The summed E-state index contributed by atoms with van der Waals surface area (Å²) >= 11 is 2.75. The van der Waals surface area contributed by atoms with Crippen molar-refractivity contribution in [1.29, 1.82) is 0 Å². The molecule has 2 rings (SSSR count). The molecule has 0 spiro atoms. The summed E-state index contributed by atoms with van der Waals surface area (Å²) < 4.78 is 27.4. The molecular weight excluding hydrogens is 314 g/mol. The molecule has 21 heavy (non-hydrogen) atoms. The molecule has 2 aromatic rings. The molecule has 112 valence electrons. The van der Waals surface area contributed by atoms with Crippen molar-refractivity contribution in [1.82, 2.24) is 4.98 Å². The van der Waals surface area contributed by atoms with Gasteiger partial charge in [0.25, 0.3) is 0 Å². The van der Waals surface area contributed by atoms with Crippen molar-refractivity contribution in [3.05, 3.63) is 46.0 Å². The number of nitrogens with zero attached hydrogens (tertiary/aromatic N) is 1. The minimum atomic E-state index is -0.595. The molecular formula is C14H14F2N2OS2. The van der Waals surface area contributed by atoms with Crippen LogP contribution in [-0.2, 0) is 11.2 Å². The topological polar surface area (TPSA) is 56.0 Å². The summed E-state index contributed by atoms with van der Waals surface area (Å²) in [6, 6.07) is 3.55. The lowest BCUT2D eigenvalue weighted by Gasteiger charge is -2.10. The SMILES string of the molecule is Cc1nc(S[C@H](C)c2ccc(F)cc2F)sc1CC(N)=O.